The van der Waals surface area contributed by atoms with Gasteiger partial charge in [0.05, 0.1) is 6.61 Å². The van der Waals surface area contributed by atoms with Gasteiger partial charge in [-0.05, 0) is 23.1 Å². The van der Waals surface area contributed by atoms with E-state index in [1.165, 1.54) is 11.1 Å². The summed E-state index contributed by atoms with van der Waals surface area (Å²) >= 11 is 0. The number of Topliss-reactive ketones (excluding diaryl/α,β-unsaturated/α-hetero) is 2. The Labute approximate surface area is 201 Å². The maximum Gasteiger partial charge on any atom is 0.196 e. The van der Waals surface area contributed by atoms with Crippen molar-refractivity contribution >= 4 is 11.6 Å². The topological polar surface area (TPSA) is 49.9 Å². The number of nitrogens with zero attached hydrogens (tertiary/aromatic N) is 2. The largest absolute Gasteiger partial charge is 0.384 e. The smallest absolute Gasteiger partial charge is 0.196 e. The molecule has 0 atom stereocenters. The summed E-state index contributed by atoms with van der Waals surface area (Å²) < 4.78 is 5.28. The lowest BCUT2D eigenvalue weighted by molar-refractivity contribution is 0.0279. The van der Waals surface area contributed by atoms with Gasteiger partial charge < -0.3 is 4.74 Å². The first-order valence-corrected chi connectivity index (χ1v) is 11.9. The number of methoxy groups -OCH3 is 1. The van der Waals surface area contributed by atoms with Gasteiger partial charge in [-0.2, -0.15) is 0 Å². The molecule has 1 fully saturated rings. The molecule has 1 saturated heterocycles. The average Bonchev–Trinajstić information content (AvgIpc) is 3.12. The molecule has 5 rings (SSSR count). The number of carbonyl (C=O) groups is 2. The van der Waals surface area contributed by atoms with Crippen molar-refractivity contribution in [3.63, 3.8) is 0 Å². The lowest BCUT2D eigenvalue weighted by Crippen LogP contribution is -2.60. The lowest BCUT2D eigenvalue weighted by Gasteiger charge is -2.44. The van der Waals surface area contributed by atoms with Crippen LogP contribution in [0.15, 0.2) is 78.9 Å². The van der Waals surface area contributed by atoms with Crippen molar-refractivity contribution < 1.29 is 14.3 Å². The van der Waals surface area contributed by atoms with Gasteiger partial charge in [-0.15, -0.1) is 0 Å². The zero-order valence-electron chi connectivity index (χ0n) is 19.6. The molecule has 0 aromatic heterocycles. The van der Waals surface area contributed by atoms with Gasteiger partial charge in [0.1, 0.15) is 0 Å². The monoisotopic (exact) mass is 454 g/mol. The van der Waals surface area contributed by atoms with E-state index in [9.17, 15) is 9.59 Å². The van der Waals surface area contributed by atoms with Crippen LogP contribution in [0.25, 0.3) is 0 Å². The zero-order valence-corrected chi connectivity index (χ0v) is 19.6. The van der Waals surface area contributed by atoms with Crippen LogP contribution in [0.5, 0.6) is 0 Å². The molecular weight excluding hydrogens is 424 g/mol. The number of piperazine rings is 1. The molecule has 1 aliphatic carbocycles. The Hall–Kier alpha value is -3.12. The molecule has 5 heteroatoms. The molecule has 0 saturated carbocycles. The summed E-state index contributed by atoms with van der Waals surface area (Å²) in [6.45, 7) is 4.46. The van der Waals surface area contributed by atoms with Crippen LogP contribution in [0.4, 0.5) is 0 Å². The first kappa shape index (κ1) is 22.7. The Morgan fingerprint density at radius 2 is 1.29 bits per heavy atom. The second kappa shape index (κ2) is 9.63. The van der Waals surface area contributed by atoms with Crippen molar-refractivity contribution in [2.24, 2.45) is 0 Å². The van der Waals surface area contributed by atoms with Gasteiger partial charge in [0.15, 0.2) is 17.1 Å². The fourth-order valence-electron chi connectivity index (χ4n) is 5.43. The molecule has 5 nitrogen and oxygen atoms in total. The number of hydrogen-bond acceptors (Lipinski definition) is 5. The minimum absolute atomic E-state index is 0.0994. The third-order valence-electron chi connectivity index (χ3n) is 7.20. The molecule has 174 valence electrons. The Bertz CT molecular complexity index is 1150. The average molecular weight is 455 g/mol. The number of hydrogen-bond donors (Lipinski definition) is 0. The number of carbonyl (C=O) groups excluding carboxylic acids is 2. The van der Waals surface area contributed by atoms with E-state index in [1.807, 2.05) is 42.5 Å². The normalized spacial score (nSPS) is 18.3. The van der Waals surface area contributed by atoms with Crippen LogP contribution >= 0.6 is 0 Å². The van der Waals surface area contributed by atoms with E-state index in [0.29, 0.717) is 30.8 Å². The first-order valence-electron chi connectivity index (χ1n) is 11.9. The summed E-state index contributed by atoms with van der Waals surface area (Å²) in [7, 11) is 1.73. The van der Waals surface area contributed by atoms with Gasteiger partial charge in [0.2, 0.25) is 0 Å². The standard InChI is InChI=1S/C29H30N2O3/c1-34-20-15-22-9-5-6-10-23(22)21-30-16-18-31(19-17-30)29(24-11-3-2-4-12-24)27(32)25-13-7-8-14-26(25)28(29)33/h2-14H,15-21H2,1H3. The van der Waals surface area contributed by atoms with E-state index >= 15 is 0 Å². The van der Waals surface area contributed by atoms with E-state index < -0.39 is 5.54 Å². The molecule has 2 aliphatic rings. The highest BCUT2D eigenvalue weighted by Gasteiger charge is 2.58. The second-order valence-corrected chi connectivity index (χ2v) is 9.05. The summed E-state index contributed by atoms with van der Waals surface area (Å²) in [4.78, 5) is 32.2. The highest BCUT2D eigenvalue weighted by atomic mass is 16.5. The van der Waals surface area contributed by atoms with Gasteiger partial charge in [-0.3, -0.25) is 19.4 Å². The molecule has 34 heavy (non-hydrogen) atoms. The summed E-state index contributed by atoms with van der Waals surface area (Å²) in [6, 6.07) is 25.3. The fraction of sp³-hybridized carbons (Fsp3) is 0.310. The van der Waals surface area contributed by atoms with E-state index in [2.05, 4.69) is 34.1 Å². The molecule has 0 spiro atoms. The number of ether oxygens (including phenoxy) is 1. The van der Waals surface area contributed by atoms with Crippen LogP contribution in [0, 0.1) is 0 Å². The van der Waals surface area contributed by atoms with Gasteiger partial charge in [0.25, 0.3) is 0 Å². The maximum absolute atomic E-state index is 13.9. The fourth-order valence-corrected chi connectivity index (χ4v) is 5.43. The number of ketones is 2. The molecule has 3 aromatic rings. The molecular formula is C29H30N2O3. The van der Waals surface area contributed by atoms with Crippen molar-refractivity contribution in [2.45, 2.75) is 18.5 Å². The summed E-state index contributed by atoms with van der Waals surface area (Å²) in [5, 5.41) is 0. The minimum atomic E-state index is -1.27. The molecule has 0 bridgehead atoms. The molecule has 1 aliphatic heterocycles. The highest BCUT2D eigenvalue weighted by Crippen LogP contribution is 2.42. The molecule has 1 heterocycles. The number of fused-ring (bicyclic) bond motifs is 1. The zero-order chi connectivity index (χ0) is 23.5. The third kappa shape index (κ3) is 3.80. The number of rotatable bonds is 7. The van der Waals surface area contributed by atoms with Gasteiger partial charge in [-0.25, -0.2) is 0 Å². The molecule has 3 aromatic carbocycles. The minimum Gasteiger partial charge on any atom is -0.384 e. The molecule has 0 unspecified atom stereocenters. The summed E-state index contributed by atoms with van der Waals surface area (Å²) in [5.41, 5.74) is 3.18. The van der Waals surface area contributed by atoms with E-state index in [-0.39, 0.29) is 11.6 Å². The van der Waals surface area contributed by atoms with E-state index in [1.54, 1.807) is 19.2 Å². The van der Waals surface area contributed by atoms with Crippen LogP contribution < -0.4 is 0 Å². The van der Waals surface area contributed by atoms with Crippen molar-refractivity contribution in [1.82, 2.24) is 9.80 Å². The highest BCUT2D eigenvalue weighted by molar-refractivity contribution is 6.32. The van der Waals surface area contributed by atoms with Crippen LogP contribution in [-0.4, -0.2) is 61.3 Å². The lowest BCUT2D eigenvalue weighted by atomic mass is 9.82. The molecule has 0 N–H and O–H groups in total. The Balaban J connectivity index is 1.40. The van der Waals surface area contributed by atoms with Gasteiger partial charge in [-0.1, -0.05) is 78.9 Å². The maximum atomic E-state index is 13.9. The van der Waals surface area contributed by atoms with E-state index in [4.69, 9.17) is 4.74 Å². The summed E-state index contributed by atoms with van der Waals surface area (Å²) in [5.74, 6) is -0.199. The van der Waals surface area contributed by atoms with E-state index in [0.717, 1.165) is 31.6 Å². The van der Waals surface area contributed by atoms with Crippen molar-refractivity contribution in [3.05, 3.63) is 107 Å². The van der Waals surface area contributed by atoms with Crippen LogP contribution in [0.3, 0.4) is 0 Å². The third-order valence-corrected chi connectivity index (χ3v) is 7.20. The second-order valence-electron chi connectivity index (χ2n) is 9.05. The Morgan fingerprint density at radius 3 is 1.91 bits per heavy atom. The summed E-state index contributed by atoms with van der Waals surface area (Å²) in [6.07, 6.45) is 0.894. The van der Waals surface area contributed by atoms with Gasteiger partial charge in [0, 0.05) is 51.0 Å². The number of benzene rings is 3. The predicted octanol–water partition coefficient (Wildman–Crippen LogP) is 3.97. The van der Waals surface area contributed by atoms with Crippen molar-refractivity contribution in [1.29, 1.82) is 0 Å². The predicted molar refractivity (Wildman–Crippen MR) is 132 cm³/mol. The molecule has 0 amide bonds. The van der Waals surface area contributed by atoms with Crippen LogP contribution in [-0.2, 0) is 23.2 Å². The van der Waals surface area contributed by atoms with Crippen molar-refractivity contribution in [3.8, 4) is 0 Å². The van der Waals surface area contributed by atoms with Gasteiger partial charge >= 0.3 is 0 Å². The SMILES string of the molecule is COCCc1ccccc1CN1CCN(C2(c3ccccc3)C(=O)c3ccccc3C2=O)CC1. The van der Waals surface area contributed by atoms with Crippen LogP contribution in [0.2, 0.25) is 0 Å². The van der Waals surface area contributed by atoms with Crippen LogP contribution in [0.1, 0.15) is 37.4 Å². The molecule has 0 radical (unpaired) electrons. The Kier molecular flexibility index (Phi) is 6.42. The quantitative estimate of drug-likeness (QED) is 0.506. The van der Waals surface area contributed by atoms with Crippen molar-refractivity contribution in [2.75, 3.05) is 39.9 Å². The first-order chi connectivity index (χ1) is 16.7. The Morgan fingerprint density at radius 1 is 0.735 bits per heavy atom.